The predicted octanol–water partition coefficient (Wildman–Crippen LogP) is -1.75. The minimum atomic E-state index is -0.229. The highest BCUT2D eigenvalue weighted by Crippen LogP contribution is 2.18. The lowest BCUT2D eigenvalue weighted by Crippen LogP contribution is -3.29. The minimum absolute atomic E-state index is 0.0183. The van der Waals surface area contributed by atoms with Crippen LogP contribution in [-0.4, -0.2) is 52.3 Å². The Morgan fingerprint density at radius 3 is 2.64 bits per heavy atom. The van der Waals surface area contributed by atoms with Crippen molar-refractivity contribution < 1.29 is 23.7 Å². The molecule has 1 aromatic rings. The van der Waals surface area contributed by atoms with Crippen molar-refractivity contribution in [3.8, 4) is 5.75 Å². The molecule has 1 aliphatic heterocycles. The molecule has 3 N–H and O–H groups in total. The molecule has 22 heavy (non-hydrogen) atoms. The molecule has 0 unspecified atom stereocenters. The first-order chi connectivity index (χ1) is 10.5. The molecular formula is C16H26FN3O2+2. The van der Waals surface area contributed by atoms with Gasteiger partial charge in [0.1, 0.15) is 44.3 Å². The lowest BCUT2D eigenvalue weighted by molar-refractivity contribution is -1.02. The number of carbonyl (C=O) groups excluding carboxylic acids is 1. The number of hydrogen-bond acceptors (Lipinski definition) is 2. The summed E-state index contributed by atoms with van der Waals surface area (Å²) in [6.07, 6.45) is 0. The second-order valence-electron chi connectivity index (χ2n) is 5.88. The maximum atomic E-state index is 13.4. The third-order valence-corrected chi connectivity index (χ3v) is 4.53. The van der Waals surface area contributed by atoms with Crippen molar-refractivity contribution in [3.05, 3.63) is 29.6 Å². The zero-order valence-electron chi connectivity index (χ0n) is 13.5. The Labute approximate surface area is 131 Å². The Hall–Kier alpha value is -1.66. The smallest absolute Gasteiger partial charge is 0.277 e. The number of halogens is 1. The number of methoxy groups -OCH3 is 1. The lowest BCUT2D eigenvalue weighted by atomic mass is 10.1. The molecule has 1 aromatic carbocycles. The summed E-state index contributed by atoms with van der Waals surface area (Å²) < 4.78 is 18.7. The first kappa shape index (κ1) is 16.7. The van der Waals surface area contributed by atoms with Crippen LogP contribution in [0, 0.1) is 5.82 Å². The van der Waals surface area contributed by atoms with Crippen LogP contribution >= 0.6 is 0 Å². The largest absolute Gasteiger partial charge is 0.496 e. The average molecular weight is 311 g/mol. The van der Waals surface area contributed by atoms with E-state index in [1.165, 1.54) is 15.9 Å². The van der Waals surface area contributed by atoms with Gasteiger partial charge in [-0.25, -0.2) is 4.39 Å². The van der Waals surface area contributed by atoms with Gasteiger partial charge in [0.2, 0.25) is 0 Å². The van der Waals surface area contributed by atoms with E-state index in [4.69, 9.17) is 4.74 Å². The van der Waals surface area contributed by atoms with Crippen molar-refractivity contribution in [2.75, 3.05) is 40.3 Å². The summed E-state index contributed by atoms with van der Waals surface area (Å²) in [5, 5.41) is 2.71. The van der Waals surface area contributed by atoms with Gasteiger partial charge < -0.3 is 19.9 Å². The minimum Gasteiger partial charge on any atom is -0.496 e. The Morgan fingerprint density at radius 2 is 2.05 bits per heavy atom. The number of quaternary nitrogens is 2. The molecule has 5 nitrogen and oxygen atoms in total. The van der Waals surface area contributed by atoms with Crippen LogP contribution in [0.25, 0.3) is 0 Å². The fourth-order valence-corrected chi connectivity index (χ4v) is 3.09. The monoisotopic (exact) mass is 311 g/mol. The number of ether oxygens (including phenoxy) is 1. The number of likely N-dealkylation sites (N-methyl/N-ethyl adjacent to an activating group) is 1. The third kappa shape index (κ3) is 3.96. The molecule has 6 heteroatoms. The van der Waals surface area contributed by atoms with Crippen LogP contribution in [0.15, 0.2) is 18.2 Å². The number of nitrogens with one attached hydrogen (secondary N) is 3. The van der Waals surface area contributed by atoms with Gasteiger partial charge in [-0.1, -0.05) is 0 Å². The maximum absolute atomic E-state index is 13.4. The molecule has 2 rings (SSSR count). The average Bonchev–Trinajstić information content (AvgIpc) is 2.54. The third-order valence-electron chi connectivity index (χ3n) is 4.53. The number of carbonyl (C=O) groups is 1. The van der Waals surface area contributed by atoms with Gasteiger partial charge >= 0.3 is 0 Å². The predicted molar refractivity (Wildman–Crippen MR) is 81.6 cm³/mol. The van der Waals surface area contributed by atoms with Crippen molar-refractivity contribution in [1.29, 1.82) is 0 Å². The molecule has 1 atom stereocenters. The van der Waals surface area contributed by atoms with E-state index in [-0.39, 0.29) is 17.8 Å². The van der Waals surface area contributed by atoms with Gasteiger partial charge in [0.05, 0.1) is 12.7 Å². The van der Waals surface area contributed by atoms with Crippen molar-refractivity contribution in [3.63, 3.8) is 0 Å². The maximum Gasteiger partial charge on any atom is 0.277 e. The molecule has 1 saturated heterocycles. The van der Waals surface area contributed by atoms with Crippen LogP contribution in [0.5, 0.6) is 5.75 Å². The summed E-state index contributed by atoms with van der Waals surface area (Å²) in [6, 6.07) is 4.64. The zero-order valence-corrected chi connectivity index (χ0v) is 13.5. The summed E-state index contributed by atoms with van der Waals surface area (Å²) in [4.78, 5) is 14.4. The molecule has 0 aliphatic carbocycles. The first-order valence-electron chi connectivity index (χ1n) is 7.77. The number of rotatable bonds is 5. The summed E-state index contributed by atoms with van der Waals surface area (Å²) in [7, 11) is 3.29. The Balaban J connectivity index is 1.93. The SMILES string of the molecule is CNC(=O)[C@@H](C)[NH+]1CC[NH+](Cc2cc(F)ccc2OC)CC1. The first-order valence-corrected chi connectivity index (χ1v) is 7.77. The molecule has 122 valence electrons. The normalized spacial score (nSPS) is 22.9. The number of benzene rings is 1. The highest BCUT2D eigenvalue weighted by molar-refractivity contribution is 5.79. The lowest BCUT2D eigenvalue weighted by Gasteiger charge is -2.32. The summed E-state index contributed by atoms with van der Waals surface area (Å²) in [6.45, 7) is 6.55. The van der Waals surface area contributed by atoms with Gasteiger partial charge in [0.15, 0.2) is 6.04 Å². The summed E-state index contributed by atoms with van der Waals surface area (Å²) in [5.74, 6) is 0.598. The molecule has 1 amide bonds. The Bertz CT molecular complexity index is 516. The van der Waals surface area contributed by atoms with Gasteiger partial charge in [-0.15, -0.1) is 0 Å². The number of amides is 1. The van der Waals surface area contributed by atoms with E-state index >= 15 is 0 Å². The molecule has 1 heterocycles. The molecule has 0 spiro atoms. The fourth-order valence-electron chi connectivity index (χ4n) is 3.09. The van der Waals surface area contributed by atoms with Gasteiger partial charge in [-0.3, -0.25) is 4.79 Å². The van der Waals surface area contributed by atoms with Crippen LogP contribution in [-0.2, 0) is 11.3 Å². The van der Waals surface area contributed by atoms with Gasteiger partial charge in [0, 0.05) is 7.05 Å². The van der Waals surface area contributed by atoms with E-state index in [1.54, 1.807) is 26.3 Å². The molecule has 1 aliphatic rings. The molecule has 0 bridgehead atoms. The molecular weight excluding hydrogens is 285 g/mol. The molecule has 0 aromatic heterocycles. The van der Waals surface area contributed by atoms with E-state index < -0.39 is 0 Å². The molecule has 0 saturated carbocycles. The van der Waals surface area contributed by atoms with E-state index in [0.29, 0.717) is 0 Å². The van der Waals surface area contributed by atoms with Gasteiger partial charge in [-0.05, 0) is 25.1 Å². The summed E-state index contributed by atoms with van der Waals surface area (Å²) in [5.41, 5.74) is 0.903. The van der Waals surface area contributed by atoms with Crippen LogP contribution in [0.1, 0.15) is 12.5 Å². The molecule has 1 fully saturated rings. The number of hydrogen-bond donors (Lipinski definition) is 3. The van der Waals surface area contributed by atoms with Crippen LogP contribution in [0.3, 0.4) is 0 Å². The summed E-state index contributed by atoms with van der Waals surface area (Å²) >= 11 is 0. The fraction of sp³-hybridized carbons (Fsp3) is 0.562. The Morgan fingerprint density at radius 1 is 1.36 bits per heavy atom. The zero-order chi connectivity index (χ0) is 16.1. The standard InChI is InChI=1S/C16H24FN3O2/c1-12(16(21)18-2)20-8-6-19(7-9-20)11-13-10-14(17)4-5-15(13)22-3/h4-5,10,12H,6-9,11H2,1-3H3,(H,18,21)/p+2/t12-/m1/s1. The van der Waals surface area contributed by atoms with E-state index in [9.17, 15) is 9.18 Å². The van der Waals surface area contributed by atoms with Crippen molar-refractivity contribution in [2.45, 2.75) is 19.5 Å². The van der Waals surface area contributed by atoms with Crippen molar-refractivity contribution in [2.24, 2.45) is 0 Å². The topological polar surface area (TPSA) is 47.2 Å². The van der Waals surface area contributed by atoms with Crippen LogP contribution in [0.4, 0.5) is 4.39 Å². The van der Waals surface area contributed by atoms with E-state index in [2.05, 4.69) is 5.32 Å². The van der Waals surface area contributed by atoms with Gasteiger partial charge in [0.25, 0.3) is 5.91 Å². The van der Waals surface area contributed by atoms with Gasteiger partial charge in [-0.2, -0.15) is 0 Å². The van der Waals surface area contributed by atoms with Crippen LogP contribution in [0.2, 0.25) is 0 Å². The Kier molecular flexibility index (Phi) is 5.74. The van der Waals surface area contributed by atoms with E-state index in [0.717, 1.165) is 44.0 Å². The van der Waals surface area contributed by atoms with Crippen molar-refractivity contribution in [1.82, 2.24) is 5.32 Å². The van der Waals surface area contributed by atoms with E-state index in [1.807, 2.05) is 6.92 Å². The van der Waals surface area contributed by atoms with Crippen LogP contribution < -0.4 is 19.9 Å². The highest BCUT2D eigenvalue weighted by Gasteiger charge is 2.30. The highest BCUT2D eigenvalue weighted by atomic mass is 19.1. The quantitative estimate of drug-likeness (QED) is 0.604. The van der Waals surface area contributed by atoms with Crippen molar-refractivity contribution >= 4 is 5.91 Å². The second kappa shape index (κ2) is 7.56. The second-order valence-corrected chi connectivity index (χ2v) is 5.88. The number of piperazine rings is 1. The molecule has 0 radical (unpaired) electrons.